The molecule has 0 unspecified atom stereocenters. The minimum Gasteiger partial charge on any atom is -0.353 e. The van der Waals surface area contributed by atoms with Gasteiger partial charge in [0, 0.05) is 32.4 Å². The van der Waals surface area contributed by atoms with Crippen LogP contribution in [0.3, 0.4) is 0 Å². The Morgan fingerprint density at radius 3 is 2.80 bits per heavy atom. The van der Waals surface area contributed by atoms with Crippen molar-refractivity contribution in [2.75, 3.05) is 13.1 Å². The van der Waals surface area contributed by atoms with Crippen LogP contribution in [0.5, 0.6) is 0 Å². The van der Waals surface area contributed by atoms with Crippen LogP contribution in [0.25, 0.3) is 0 Å². The number of amides is 2. The highest BCUT2D eigenvalue weighted by atomic mass is 16.2. The minimum atomic E-state index is -0.0680. The molecule has 6 nitrogen and oxygen atoms in total. The summed E-state index contributed by atoms with van der Waals surface area (Å²) in [6.45, 7) is 1.24. The van der Waals surface area contributed by atoms with Crippen LogP contribution < -0.4 is 5.32 Å². The molecular formula is C14H20N4O2. The van der Waals surface area contributed by atoms with E-state index in [4.69, 9.17) is 0 Å². The molecule has 2 aliphatic rings. The van der Waals surface area contributed by atoms with Gasteiger partial charge in [0.25, 0.3) is 5.91 Å². The van der Waals surface area contributed by atoms with E-state index in [0.29, 0.717) is 18.3 Å². The third-order valence-corrected chi connectivity index (χ3v) is 4.04. The van der Waals surface area contributed by atoms with Crippen LogP contribution in [0.2, 0.25) is 0 Å². The first kappa shape index (κ1) is 13.1. The quantitative estimate of drug-likeness (QED) is 0.876. The van der Waals surface area contributed by atoms with Crippen molar-refractivity contribution in [1.82, 2.24) is 20.0 Å². The maximum atomic E-state index is 12.4. The van der Waals surface area contributed by atoms with Crippen molar-refractivity contribution in [3.8, 4) is 0 Å². The monoisotopic (exact) mass is 276 g/mol. The van der Waals surface area contributed by atoms with Crippen LogP contribution in [0.4, 0.5) is 0 Å². The molecule has 3 rings (SSSR count). The van der Waals surface area contributed by atoms with Gasteiger partial charge >= 0.3 is 0 Å². The molecule has 20 heavy (non-hydrogen) atoms. The van der Waals surface area contributed by atoms with Crippen molar-refractivity contribution in [2.24, 2.45) is 13.0 Å². The molecule has 2 amide bonds. The van der Waals surface area contributed by atoms with Crippen molar-refractivity contribution in [2.45, 2.75) is 31.7 Å². The molecule has 1 atom stereocenters. The number of hydrogen-bond donors (Lipinski definition) is 1. The van der Waals surface area contributed by atoms with Gasteiger partial charge in [-0.2, -0.15) is 5.10 Å². The van der Waals surface area contributed by atoms with Crippen molar-refractivity contribution >= 4 is 11.8 Å². The number of likely N-dealkylation sites (tertiary alicyclic amines) is 1. The number of carbonyl (C=O) groups is 2. The van der Waals surface area contributed by atoms with Gasteiger partial charge in [-0.15, -0.1) is 0 Å². The lowest BCUT2D eigenvalue weighted by atomic mass is 9.97. The maximum absolute atomic E-state index is 12.4. The lowest BCUT2D eigenvalue weighted by molar-refractivity contribution is -0.126. The maximum Gasteiger partial charge on any atom is 0.272 e. The molecule has 0 aromatic carbocycles. The van der Waals surface area contributed by atoms with Crippen molar-refractivity contribution < 1.29 is 9.59 Å². The molecule has 0 radical (unpaired) electrons. The molecule has 1 aliphatic carbocycles. The van der Waals surface area contributed by atoms with E-state index in [-0.39, 0.29) is 17.7 Å². The summed E-state index contributed by atoms with van der Waals surface area (Å²) in [5, 5.41) is 7.06. The molecule has 1 N–H and O–H groups in total. The fourth-order valence-corrected chi connectivity index (χ4v) is 2.67. The first-order valence-electron chi connectivity index (χ1n) is 7.23. The largest absolute Gasteiger partial charge is 0.353 e. The smallest absolute Gasteiger partial charge is 0.272 e. The summed E-state index contributed by atoms with van der Waals surface area (Å²) < 4.78 is 1.58. The van der Waals surface area contributed by atoms with Gasteiger partial charge in [0.2, 0.25) is 5.91 Å². The zero-order chi connectivity index (χ0) is 14.1. The number of piperidine rings is 1. The van der Waals surface area contributed by atoms with E-state index >= 15 is 0 Å². The van der Waals surface area contributed by atoms with Gasteiger partial charge in [0.15, 0.2) is 0 Å². The second-order valence-electron chi connectivity index (χ2n) is 5.71. The summed E-state index contributed by atoms with van der Waals surface area (Å²) in [6, 6.07) is 2.10. The van der Waals surface area contributed by atoms with Crippen LogP contribution in [-0.4, -0.2) is 45.6 Å². The number of aryl methyl sites for hydroxylation is 1. The van der Waals surface area contributed by atoms with Crippen LogP contribution in [0, 0.1) is 5.92 Å². The summed E-state index contributed by atoms with van der Waals surface area (Å²) in [7, 11) is 1.76. The number of aromatic nitrogens is 2. The Morgan fingerprint density at radius 2 is 2.15 bits per heavy atom. The van der Waals surface area contributed by atoms with Gasteiger partial charge in [-0.25, -0.2) is 0 Å². The van der Waals surface area contributed by atoms with Crippen molar-refractivity contribution in [3.05, 3.63) is 18.0 Å². The second kappa shape index (κ2) is 5.26. The molecule has 1 aliphatic heterocycles. The van der Waals surface area contributed by atoms with Gasteiger partial charge in [-0.1, -0.05) is 0 Å². The Kier molecular flexibility index (Phi) is 3.46. The van der Waals surface area contributed by atoms with Crippen molar-refractivity contribution in [1.29, 1.82) is 0 Å². The number of rotatable bonds is 3. The fraction of sp³-hybridized carbons (Fsp3) is 0.643. The van der Waals surface area contributed by atoms with E-state index in [1.54, 1.807) is 28.9 Å². The summed E-state index contributed by atoms with van der Waals surface area (Å²) in [5.74, 6) is 0.00505. The summed E-state index contributed by atoms with van der Waals surface area (Å²) in [4.78, 5) is 26.3. The summed E-state index contributed by atoms with van der Waals surface area (Å²) in [6.07, 6.45) is 5.56. The highest BCUT2D eigenvalue weighted by Gasteiger charge is 2.32. The van der Waals surface area contributed by atoms with Crippen molar-refractivity contribution in [3.63, 3.8) is 0 Å². The Hall–Kier alpha value is -1.85. The Balaban J connectivity index is 1.63. The lowest BCUT2D eigenvalue weighted by Crippen LogP contribution is -2.46. The molecule has 2 heterocycles. The highest BCUT2D eigenvalue weighted by molar-refractivity contribution is 5.93. The third kappa shape index (κ3) is 2.69. The van der Waals surface area contributed by atoms with Crippen LogP contribution in [0.1, 0.15) is 36.2 Å². The van der Waals surface area contributed by atoms with Gasteiger partial charge < -0.3 is 10.2 Å². The van der Waals surface area contributed by atoms with E-state index in [1.807, 2.05) is 0 Å². The molecular weight excluding hydrogens is 256 g/mol. The lowest BCUT2D eigenvalue weighted by Gasteiger charge is -2.32. The van der Waals surface area contributed by atoms with Gasteiger partial charge in [0.1, 0.15) is 5.69 Å². The number of hydrogen-bond acceptors (Lipinski definition) is 3. The van der Waals surface area contributed by atoms with Gasteiger partial charge in [0.05, 0.1) is 5.92 Å². The van der Waals surface area contributed by atoms with Crippen LogP contribution in [-0.2, 0) is 11.8 Å². The first-order chi connectivity index (χ1) is 9.65. The SMILES string of the molecule is Cn1nccc1C(=O)N1CCC[C@@H](C(=O)NC2CC2)C1. The standard InChI is InChI=1S/C14H20N4O2/c1-17-12(6-7-15-17)14(20)18-8-2-3-10(9-18)13(19)16-11-4-5-11/h6-7,10-11H,2-5,8-9H2,1H3,(H,16,19)/t10-/m1/s1. The molecule has 1 saturated carbocycles. The Bertz CT molecular complexity index is 521. The summed E-state index contributed by atoms with van der Waals surface area (Å²) >= 11 is 0. The third-order valence-electron chi connectivity index (χ3n) is 4.04. The predicted octanol–water partition coefficient (Wildman–Crippen LogP) is 0.551. The van der Waals surface area contributed by atoms with Crippen LogP contribution >= 0.6 is 0 Å². The molecule has 108 valence electrons. The van der Waals surface area contributed by atoms with Gasteiger partial charge in [-0.05, 0) is 31.7 Å². The molecule has 0 spiro atoms. The van der Waals surface area contributed by atoms with E-state index in [9.17, 15) is 9.59 Å². The highest BCUT2D eigenvalue weighted by Crippen LogP contribution is 2.22. The second-order valence-corrected chi connectivity index (χ2v) is 5.71. The Morgan fingerprint density at radius 1 is 1.35 bits per heavy atom. The topological polar surface area (TPSA) is 67.2 Å². The predicted molar refractivity (Wildman–Crippen MR) is 73.0 cm³/mol. The molecule has 1 saturated heterocycles. The van der Waals surface area contributed by atoms with E-state index in [2.05, 4.69) is 10.4 Å². The number of carbonyl (C=O) groups excluding carboxylic acids is 2. The minimum absolute atomic E-state index is 0.0334. The molecule has 1 aromatic heterocycles. The average Bonchev–Trinajstić information content (AvgIpc) is 3.17. The number of nitrogens with one attached hydrogen (secondary N) is 1. The summed E-state index contributed by atoms with van der Waals surface area (Å²) in [5.41, 5.74) is 0.577. The first-order valence-corrected chi connectivity index (χ1v) is 7.23. The zero-order valence-corrected chi connectivity index (χ0v) is 11.7. The Labute approximate surface area is 118 Å². The molecule has 6 heteroatoms. The zero-order valence-electron chi connectivity index (χ0n) is 11.7. The molecule has 2 fully saturated rings. The normalized spacial score (nSPS) is 22.6. The average molecular weight is 276 g/mol. The molecule has 1 aromatic rings. The van der Waals surface area contributed by atoms with E-state index in [0.717, 1.165) is 32.2 Å². The fourth-order valence-electron chi connectivity index (χ4n) is 2.67. The molecule has 0 bridgehead atoms. The van der Waals surface area contributed by atoms with E-state index in [1.165, 1.54) is 0 Å². The number of nitrogens with zero attached hydrogens (tertiary/aromatic N) is 3. The van der Waals surface area contributed by atoms with Crippen LogP contribution in [0.15, 0.2) is 12.3 Å². The van der Waals surface area contributed by atoms with Gasteiger partial charge in [-0.3, -0.25) is 14.3 Å². The van der Waals surface area contributed by atoms with E-state index < -0.39 is 0 Å².